The van der Waals surface area contributed by atoms with Crippen LogP contribution in [0.15, 0.2) is 85.1 Å². The molecule has 3 heterocycles. The van der Waals surface area contributed by atoms with E-state index in [0.717, 1.165) is 38.2 Å². The van der Waals surface area contributed by atoms with Crippen molar-refractivity contribution in [3.8, 4) is 11.1 Å². The van der Waals surface area contributed by atoms with Gasteiger partial charge in [0.1, 0.15) is 0 Å². The number of hydrogen-bond donors (Lipinski definition) is 0. The summed E-state index contributed by atoms with van der Waals surface area (Å²) in [7, 11) is 0. The van der Waals surface area contributed by atoms with Gasteiger partial charge in [-0.25, -0.2) is 9.50 Å². The highest BCUT2D eigenvalue weighted by molar-refractivity contribution is 6.21. The molecular weight excluding hydrogens is 342 g/mol. The van der Waals surface area contributed by atoms with E-state index in [9.17, 15) is 0 Å². The Morgan fingerprint density at radius 2 is 1.54 bits per heavy atom. The molecule has 3 heteroatoms. The maximum absolute atomic E-state index is 5.12. The van der Waals surface area contributed by atoms with Crippen LogP contribution in [0.4, 0.5) is 0 Å². The lowest BCUT2D eigenvalue weighted by Gasteiger charge is -2.15. The van der Waals surface area contributed by atoms with Crippen molar-refractivity contribution in [3.63, 3.8) is 0 Å². The third-order valence-electron chi connectivity index (χ3n) is 5.56. The van der Waals surface area contributed by atoms with Gasteiger partial charge in [0.25, 0.3) is 0 Å². The summed E-state index contributed by atoms with van der Waals surface area (Å²) in [5, 5.41) is 8.11. The second-order valence-electron chi connectivity index (χ2n) is 7.19. The molecular formula is C25H17N3. The topological polar surface area (TPSA) is 30.2 Å². The van der Waals surface area contributed by atoms with Crippen LogP contribution in [-0.2, 0) is 0 Å². The predicted octanol–water partition coefficient (Wildman–Crippen LogP) is 6.16. The first-order chi connectivity index (χ1) is 13.8. The SMILES string of the molecule is Cc1cccc2c3nc4ccccc4c(-c4ccccc4)c3c3ccnn3c12. The van der Waals surface area contributed by atoms with Gasteiger partial charge in [0.05, 0.1) is 28.3 Å². The molecule has 3 nitrogen and oxygen atoms in total. The van der Waals surface area contributed by atoms with Gasteiger partial charge in [-0.2, -0.15) is 5.10 Å². The van der Waals surface area contributed by atoms with Crippen LogP contribution in [0.1, 0.15) is 5.56 Å². The Hall–Kier alpha value is -3.72. The van der Waals surface area contributed by atoms with Crippen molar-refractivity contribution in [2.45, 2.75) is 6.92 Å². The van der Waals surface area contributed by atoms with E-state index in [1.807, 2.05) is 6.20 Å². The highest BCUT2D eigenvalue weighted by Gasteiger charge is 2.18. The fraction of sp³-hybridized carbons (Fsp3) is 0.0400. The molecule has 0 bridgehead atoms. The average molecular weight is 359 g/mol. The molecule has 0 fully saturated rings. The summed E-state index contributed by atoms with van der Waals surface area (Å²) < 4.78 is 2.07. The van der Waals surface area contributed by atoms with Gasteiger partial charge in [-0.3, -0.25) is 0 Å². The van der Waals surface area contributed by atoms with Crippen molar-refractivity contribution in [3.05, 3.63) is 90.6 Å². The summed E-state index contributed by atoms with van der Waals surface area (Å²) in [6, 6.07) is 27.5. The molecule has 3 aromatic carbocycles. The van der Waals surface area contributed by atoms with Gasteiger partial charge in [-0.1, -0.05) is 66.7 Å². The molecule has 6 aromatic rings. The number of hydrogen-bond acceptors (Lipinski definition) is 2. The standard InChI is InChI=1S/C25H17N3/c1-16-8-7-12-19-24-23(21-14-15-26-28(21)25(16)19)22(17-9-3-2-4-10-17)18-11-5-6-13-20(18)27-24/h2-15H,1H3. The predicted molar refractivity (Wildman–Crippen MR) is 116 cm³/mol. The molecule has 6 rings (SSSR count). The minimum absolute atomic E-state index is 1.01. The van der Waals surface area contributed by atoms with E-state index in [4.69, 9.17) is 4.98 Å². The van der Waals surface area contributed by atoms with E-state index < -0.39 is 0 Å². The summed E-state index contributed by atoms with van der Waals surface area (Å²) in [5.74, 6) is 0. The summed E-state index contributed by atoms with van der Waals surface area (Å²) in [4.78, 5) is 5.12. The van der Waals surface area contributed by atoms with Gasteiger partial charge in [0.2, 0.25) is 0 Å². The van der Waals surface area contributed by atoms with Crippen molar-refractivity contribution < 1.29 is 0 Å². The molecule has 0 amide bonds. The van der Waals surface area contributed by atoms with E-state index in [-0.39, 0.29) is 0 Å². The van der Waals surface area contributed by atoms with Crippen molar-refractivity contribution in [1.82, 2.24) is 14.6 Å². The Labute approximate surface area is 161 Å². The maximum Gasteiger partial charge on any atom is 0.0831 e. The van der Waals surface area contributed by atoms with Crippen LogP contribution in [-0.4, -0.2) is 14.6 Å². The van der Waals surface area contributed by atoms with E-state index in [1.165, 1.54) is 16.7 Å². The molecule has 0 spiro atoms. The van der Waals surface area contributed by atoms with E-state index in [1.54, 1.807) is 0 Å². The lowest BCUT2D eigenvalue weighted by atomic mass is 9.94. The number of benzene rings is 3. The first-order valence-corrected chi connectivity index (χ1v) is 9.46. The second-order valence-corrected chi connectivity index (χ2v) is 7.19. The maximum atomic E-state index is 5.12. The van der Waals surface area contributed by atoms with Gasteiger partial charge < -0.3 is 0 Å². The van der Waals surface area contributed by atoms with Crippen LogP contribution in [0.2, 0.25) is 0 Å². The number of aromatic nitrogens is 3. The van der Waals surface area contributed by atoms with Crippen molar-refractivity contribution in [1.29, 1.82) is 0 Å². The lowest BCUT2D eigenvalue weighted by molar-refractivity contribution is 1.00. The minimum atomic E-state index is 1.01. The molecule has 0 aliphatic heterocycles. The molecule has 132 valence electrons. The van der Waals surface area contributed by atoms with Gasteiger partial charge in [-0.05, 0) is 30.2 Å². The van der Waals surface area contributed by atoms with Crippen molar-refractivity contribution in [2.75, 3.05) is 0 Å². The number of aryl methyl sites for hydroxylation is 1. The number of para-hydroxylation sites is 2. The van der Waals surface area contributed by atoms with E-state index >= 15 is 0 Å². The van der Waals surface area contributed by atoms with E-state index in [2.05, 4.69) is 95.4 Å². The summed E-state index contributed by atoms with van der Waals surface area (Å²) in [6.07, 6.45) is 1.88. The summed E-state index contributed by atoms with van der Waals surface area (Å²) in [6.45, 7) is 2.13. The van der Waals surface area contributed by atoms with E-state index in [0.29, 0.717) is 0 Å². The Kier molecular flexibility index (Phi) is 3.09. The first kappa shape index (κ1) is 15.3. The normalized spacial score (nSPS) is 11.8. The third kappa shape index (κ3) is 1.99. The lowest BCUT2D eigenvalue weighted by Crippen LogP contribution is -1.98. The Morgan fingerprint density at radius 1 is 0.750 bits per heavy atom. The minimum Gasteiger partial charge on any atom is -0.247 e. The number of fused-ring (bicyclic) bond motifs is 7. The van der Waals surface area contributed by atoms with Crippen LogP contribution in [0.3, 0.4) is 0 Å². The fourth-order valence-electron chi connectivity index (χ4n) is 4.36. The molecule has 0 radical (unpaired) electrons. The molecule has 28 heavy (non-hydrogen) atoms. The zero-order chi connectivity index (χ0) is 18.7. The molecule has 0 N–H and O–H groups in total. The van der Waals surface area contributed by atoms with Gasteiger partial charge in [0, 0.05) is 21.7 Å². The quantitative estimate of drug-likeness (QED) is 0.260. The van der Waals surface area contributed by atoms with Crippen LogP contribution in [0.25, 0.3) is 49.4 Å². The third-order valence-corrected chi connectivity index (χ3v) is 5.56. The smallest absolute Gasteiger partial charge is 0.0831 e. The Morgan fingerprint density at radius 3 is 2.43 bits per heavy atom. The number of pyridine rings is 2. The van der Waals surface area contributed by atoms with Crippen molar-refractivity contribution in [2.24, 2.45) is 0 Å². The van der Waals surface area contributed by atoms with Gasteiger partial charge in [0.15, 0.2) is 0 Å². The molecule has 0 aliphatic carbocycles. The zero-order valence-electron chi connectivity index (χ0n) is 15.4. The molecule has 0 aliphatic rings. The van der Waals surface area contributed by atoms with Gasteiger partial charge >= 0.3 is 0 Å². The molecule has 0 unspecified atom stereocenters. The summed E-state index contributed by atoms with van der Waals surface area (Å²) >= 11 is 0. The zero-order valence-corrected chi connectivity index (χ0v) is 15.4. The second kappa shape index (κ2) is 5.64. The first-order valence-electron chi connectivity index (χ1n) is 9.46. The highest BCUT2D eigenvalue weighted by Crippen LogP contribution is 2.40. The van der Waals surface area contributed by atoms with Crippen LogP contribution in [0.5, 0.6) is 0 Å². The molecule has 0 saturated heterocycles. The fourth-order valence-corrected chi connectivity index (χ4v) is 4.36. The highest BCUT2D eigenvalue weighted by atomic mass is 15.2. The molecule has 0 saturated carbocycles. The van der Waals surface area contributed by atoms with Gasteiger partial charge in [-0.15, -0.1) is 0 Å². The van der Waals surface area contributed by atoms with Crippen molar-refractivity contribution >= 4 is 38.2 Å². The number of rotatable bonds is 1. The monoisotopic (exact) mass is 359 g/mol. The average Bonchev–Trinajstić information content (AvgIpc) is 3.22. The van der Waals surface area contributed by atoms with Crippen LogP contribution >= 0.6 is 0 Å². The van der Waals surface area contributed by atoms with Crippen LogP contribution in [0, 0.1) is 6.92 Å². The number of nitrogens with zero attached hydrogens (tertiary/aromatic N) is 3. The molecule has 0 atom stereocenters. The largest absolute Gasteiger partial charge is 0.247 e. The summed E-state index contributed by atoms with van der Waals surface area (Å²) in [5.41, 5.74) is 7.87. The molecule has 3 aromatic heterocycles. The Balaban J connectivity index is 2.00. The Bertz CT molecular complexity index is 1510. The van der Waals surface area contributed by atoms with Crippen LogP contribution < -0.4 is 0 Å².